The highest BCUT2D eigenvalue weighted by atomic mass is 32.1. The molecule has 0 amide bonds. The third-order valence-corrected chi connectivity index (χ3v) is 15.4. The van der Waals surface area contributed by atoms with Crippen LogP contribution in [0.1, 0.15) is 0 Å². The van der Waals surface area contributed by atoms with E-state index in [4.69, 9.17) is 0 Å². The van der Waals surface area contributed by atoms with Gasteiger partial charge in [0.25, 0.3) is 0 Å². The first-order valence-electron chi connectivity index (χ1n) is 23.2. The number of rotatable bonds is 6. The van der Waals surface area contributed by atoms with E-state index >= 15 is 0 Å². The summed E-state index contributed by atoms with van der Waals surface area (Å²) in [5.41, 5.74) is 20.1. The van der Waals surface area contributed by atoms with Crippen LogP contribution in [-0.2, 0) is 0 Å². The summed E-state index contributed by atoms with van der Waals surface area (Å²) in [5, 5.41) is 10.3. The van der Waals surface area contributed by atoms with Gasteiger partial charge in [-0.1, -0.05) is 237 Å². The van der Waals surface area contributed by atoms with E-state index in [0.29, 0.717) is 0 Å². The molecule has 0 unspecified atom stereocenters. The Morgan fingerprint density at radius 3 is 1.12 bits per heavy atom. The highest BCUT2D eigenvalue weighted by molar-refractivity contribution is 7.26. The van der Waals surface area contributed by atoms with Crippen molar-refractivity contribution in [1.82, 2.24) is 0 Å². The predicted octanol–water partition coefficient (Wildman–Crippen LogP) is 19.2. The summed E-state index contributed by atoms with van der Waals surface area (Å²) >= 11 is 1.93. The molecule has 1 aliphatic rings. The maximum atomic E-state index is 2.46. The van der Waals surface area contributed by atoms with Crippen LogP contribution in [0.3, 0.4) is 0 Å². The first-order chi connectivity index (χ1) is 33.3. The molecular weight excluding hydrogens is 825 g/mol. The minimum absolute atomic E-state index is 1.21. The second-order valence-electron chi connectivity index (χ2n) is 17.7. The van der Waals surface area contributed by atoms with Gasteiger partial charge in [-0.3, -0.25) is 0 Å². The van der Waals surface area contributed by atoms with Gasteiger partial charge in [0.15, 0.2) is 0 Å². The fraction of sp³-hybridized carbons (Fsp3) is 0. The molecule has 1 aliphatic carbocycles. The van der Waals surface area contributed by atoms with Crippen molar-refractivity contribution in [3.05, 3.63) is 243 Å². The second kappa shape index (κ2) is 15.1. The van der Waals surface area contributed by atoms with Crippen LogP contribution in [0.15, 0.2) is 243 Å². The molecule has 13 aromatic rings. The van der Waals surface area contributed by atoms with Crippen molar-refractivity contribution in [2.75, 3.05) is 0 Å². The number of thiophene rings is 1. The van der Waals surface area contributed by atoms with Crippen LogP contribution in [0.25, 0.3) is 142 Å². The standard InChI is InChI=1S/C66H40S/c1-6-21-41(22-7-1)46-37-38-47(42-23-8-2-9-24-42)62-58(45-29-14-5-15-30-45)64-54-40-39-51(49-34-20-35-53(59(49)54)63(64)57(61(46)62)44-27-12-4-13-28-44)60-50-32-17-16-31-48(50)56(43-25-10-3-11-26-43)65-52-33-18-19-36-55(52)67-66(60)65/h1-40H. The maximum absolute atomic E-state index is 2.46. The van der Waals surface area contributed by atoms with E-state index in [0.717, 1.165) is 0 Å². The molecule has 1 heterocycles. The maximum Gasteiger partial charge on any atom is 0.0446 e. The summed E-state index contributed by atoms with van der Waals surface area (Å²) in [7, 11) is 0. The largest absolute Gasteiger partial charge is 0.134 e. The zero-order valence-electron chi connectivity index (χ0n) is 36.5. The molecular formula is C66H40S. The Morgan fingerprint density at radius 1 is 0.194 bits per heavy atom. The van der Waals surface area contributed by atoms with Gasteiger partial charge in [0.1, 0.15) is 0 Å². The molecule has 0 fully saturated rings. The number of hydrogen-bond donors (Lipinski definition) is 0. The van der Waals surface area contributed by atoms with Gasteiger partial charge in [-0.25, -0.2) is 0 Å². The van der Waals surface area contributed by atoms with Gasteiger partial charge in [-0.15, -0.1) is 11.3 Å². The minimum atomic E-state index is 1.21. The van der Waals surface area contributed by atoms with Crippen molar-refractivity contribution in [3.8, 4) is 89.0 Å². The normalized spacial score (nSPS) is 11.9. The SMILES string of the molecule is c1ccc(-c2ccc(-c3ccccc3)c3c(-c4ccccc4)c4c(c(-c5ccccc5)c23)-c2cccc3c(-c5c6ccccc6c(-c6ccccc6)c6c5sc5ccccc56)ccc-4c23)cc1. The van der Waals surface area contributed by atoms with Gasteiger partial charge in [-0.2, -0.15) is 0 Å². The van der Waals surface area contributed by atoms with Crippen LogP contribution >= 0.6 is 11.3 Å². The highest BCUT2D eigenvalue weighted by Crippen LogP contribution is 2.61. The molecule has 0 aliphatic heterocycles. The third kappa shape index (κ3) is 5.65. The average Bonchev–Trinajstić information content (AvgIpc) is 3.95. The Hall–Kier alpha value is -8.36. The molecule has 0 saturated heterocycles. The van der Waals surface area contributed by atoms with E-state index < -0.39 is 0 Å². The Kier molecular flexibility index (Phi) is 8.56. The van der Waals surface area contributed by atoms with Gasteiger partial charge in [-0.05, 0) is 122 Å². The number of fused-ring (bicyclic) bond motifs is 8. The summed E-state index contributed by atoms with van der Waals surface area (Å²) < 4.78 is 2.63. The average molecular weight is 865 g/mol. The number of benzene rings is 12. The van der Waals surface area contributed by atoms with Crippen LogP contribution in [0, 0.1) is 0 Å². The fourth-order valence-corrected chi connectivity index (χ4v) is 12.8. The first kappa shape index (κ1) is 38.0. The molecule has 14 rings (SSSR count). The van der Waals surface area contributed by atoms with E-state index in [2.05, 4.69) is 243 Å². The summed E-state index contributed by atoms with van der Waals surface area (Å²) in [4.78, 5) is 0. The van der Waals surface area contributed by atoms with Crippen molar-refractivity contribution in [2.45, 2.75) is 0 Å². The zero-order valence-corrected chi connectivity index (χ0v) is 37.3. The van der Waals surface area contributed by atoms with Crippen molar-refractivity contribution in [2.24, 2.45) is 0 Å². The first-order valence-corrected chi connectivity index (χ1v) is 24.0. The van der Waals surface area contributed by atoms with Gasteiger partial charge in [0, 0.05) is 25.7 Å². The highest BCUT2D eigenvalue weighted by Gasteiger charge is 2.34. The topological polar surface area (TPSA) is 0 Å². The molecule has 0 bridgehead atoms. The van der Waals surface area contributed by atoms with Gasteiger partial charge in [0.05, 0.1) is 0 Å². The van der Waals surface area contributed by atoms with Crippen molar-refractivity contribution in [3.63, 3.8) is 0 Å². The van der Waals surface area contributed by atoms with Gasteiger partial charge < -0.3 is 0 Å². The lowest BCUT2D eigenvalue weighted by Gasteiger charge is -2.25. The lowest BCUT2D eigenvalue weighted by Crippen LogP contribution is -1.97. The molecule has 0 N–H and O–H groups in total. The zero-order chi connectivity index (χ0) is 44.0. The quantitative estimate of drug-likeness (QED) is 0.156. The molecule has 0 spiro atoms. The van der Waals surface area contributed by atoms with Gasteiger partial charge >= 0.3 is 0 Å². The molecule has 0 atom stereocenters. The van der Waals surface area contributed by atoms with Crippen LogP contribution < -0.4 is 0 Å². The van der Waals surface area contributed by atoms with Crippen molar-refractivity contribution >= 4 is 63.8 Å². The third-order valence-electron chi connectivity index (χ3n) is 14.2. The Labute approximate surface area is 393 Å². The van der Waals surface area contributed by atoms with E-state index in [-0.39, 0.29) is 0 Å². The van der Waals surface area contributed by atoms with Crippen molar-refractivity contribution < 1.29 is 0 Å². The summed E-state index contributed by atoms with van der Waals surface area (Å²) in [5.74, 6) is 0. The summed E-state index contributed by atoms with van der Waals surface area (Å²) in [6.45, 7) is 0. The van der Waals surface area contributed by atoms with Crippen LogP contribution in [0.2, 0.25) is 0 Å². The molecule has 0 radical (unpaired) electrons. The molecule has 0 saturated carbocycles. The van der Waals surface area contributed by atoms with Gasteiger partial charge in [0.2, 0.25) is 0 Å². The lowest BCUT2D eigenvalue weighted by atomic mass is 9.78. The van der Waals surface area contributed by atoms with Crippen LogP contribution in [0.4, 0.5) is 0 Å². The van der Waals surface area contributed by atoms with Crippen LogP contribution in [0.5, 0.6) is 0 Å². The molecule has 12 aromatic carbocycles. The van der Waals surface area contributed by atoms with E-state index in [1.165, 1.54) is 142 Å². The molecule has 1 heteroatoms. The van der Waals surface area contributed by atoms with E-state index in [1.54, 1.807) is 0 Å². The summed E-state index contributed by atoms with van der Waals surface area (Å²) in [6.07, 6.45) is 0. The Morgan fingerprint density at radius 2 is 0.582 bits per heavy atom. The van der Waals surface area contributed by atoms with Crippen LogP contribution in [-0.4, -0.2) is 0 Å². The number of hydrogen-bond acceptors (Lipinski definition) is 1. The Bertz CT molecular complexity index is 3960. The minimum Gasteiger partial charge on any atom is -0.134 e. The van der Waals surface area contributed by atoms with E-state index in [9.17, 15) is 0 Å². The molecule has 1 aromatic heterocycles. The fourth-order valence-electron chi connectivity index (χ4n) is 11.5. The smallest absolute Gasteiger partial charge is 0.0446 e. The molecule has 67 heavy (non-hydrogen) atoms. The Balaban J connectivity index is 1.18. The monoisotopic (exact) mass is 864 g/mol. The van der Waals surface area contributed by atoms with Crippen molar-refractivity contribution in [1.29, 1.82) is 0 Å². The second-order valence-corrected chi connectivity index (χ2v) is 18.8. The lowest BCUT2D eigenvalue weighted by molar-refractivity contribution is 1.59. The van der Waals surface area contributed by atoms with E-state index in [1.807, 2.05) is 11.3 Å². The molecule has 0 nitrogen and oxygen atoms in total. The molecule has 310 valence electrons. The predicted molar refractivity (Wildman–Crippen MR) is 289 cm³/mol. The summed E-state index contributed by atoms with van der Waals surface area (Å²) in [6, 6.07) is 90.1.